The summed E-state index contributed by atoms with van der Waals surface area (Å²) in [5.41, 5.74) is 2.89. The number of benzene rings is 2. The molecule has 1 saturated heterocycles. The first-order chi connectivity index (χ1) is 10.3. The summed E-state index contributed by atoms with van der Waals surface area (Å²) < 4.78 is 0. The van der Waals surface area contributed by atoms with E-state index in [0.717, 1.165) is 6.42 Å². The molecule has 2 aromatic rings. The van der Waals surface area contributed by atoms with Gasteiger partial charge in [0, 0.05) is 12.1 Å². The van der Waals surface area contributed by atoms with Crippen LogP contribution in [-0.4, -0.2) is 17.5 Å². The first kappa shape index (κ1) is 14.3. The number of piperidine rings is 1. The van der Waals surface area contributed by atoms with Crippen LogP contribution in [0.15, 0.2) is 60.7 Å². The molecule has 1 fully saturated rings. The fraction of sp³-hybridized carbons (Fsp3) is 0.400. The number of rotatable bonds is 4. The van der Waals surface area contributed by atoms with E-state index in [1.807, 2.05) is 0 Å². The molecule has 0 N–H and O–H groups in total. The predicted octanol–water partition coefficient (Wildman–Crippen LogP) is 4.84. The third-order valence-electron chi connectivity index (χ3n) is 4.71. The zero-order valence-corrected chi connectivity index (χ0v) is 12.9. The lowest BCUT2D eigenvalue weighted by molar-refractivity contribution is 0.104. The Morgan fingerprint density at radius 2 is 1.62 bits per heavy atom. The summed E-state index contributed by atoms with van der Waals surface area (Å²) in [6, 6.07) is 23.1. The molecule has 0 radical (unpaired) electrons. The quantitative estimate of drug-likeness (QED) is 0.773. The maximum absolute atomic E-state index is 2.71. The van der Waals surface area contributed by atoms with E-state index in [2.05, 4.69) is 72.5 Å². The Kier molecular flexibility index (Phi) is 4.72. The van der Waals surface area contributed by atoms with Crippen LogP contribution in [-0.2, 0) is 6.42 Å². The molecule has 0 unspecified atom stereocenters. The highest BCUT2D eigenvalue weighted by molar-refractivity contribution is 5.24. The Bertz CT molecular complexity index is 534. The second-order valence-corrected chi connectivity index (χ2v) is 6.20. The normalized spacial score (nSPS) is 21.1. The Balaban J connectivity index is 1.87. The van der Waals surface area contributed by atoms with Crippen LogP contribution in [0.2, 0.25) is 0 Å². The van der Waals surface area contributed by atoms with Gasteiger partial charge in [0.2, 0.25) is 0 Å². The van der Waals surface area contributed by atoms with Gasteiger partial charge in [-0.15, -0.1) is 0 Å². The van der Waals surface area contributed by atoms with E-state index in [0.29, 0.717) is 12.1 Å². The van der Waals surface area contributed by atoms with Gasteiger partial charge in [-0.1, -0.05) is 67.1 Å². The molecule has 0 bridgehead atoms. The van der Waals surface area contributed by atoms with E-state index in [-0.39, 0.29) is 0 Å². The molecule has 0 aromatic heterocycles. The highest BCUT2D eigenvalue weighted by Crippen LogP contribution is 2.31. The lowest BCUT2D eigenvalue weighted by Crippen LogP contribution is -2.41. The summed E-state index contributed by atoms with van der Waals surface area (Å²) >= 11 is 0. The molecule has 1 nitrogen and oxygen atoms in total. The molecular weight excluding hydrogens is 254 g/mol. The average Bonchev–Trinajstić information content (AvgIpc) is 2.55. The maximum Gasteiger partial charge on any atom is 0.0391 e. The van der Waals surface area contributed by atoms with Crippen LogP contribution in [0.5, 0.6) is 0 Å². The predicted molar refractivity (Wildman–Crippen MR) is 89.3 cm³/mol. The van der Waals surface area contributed by atoms with Crippen LogP contribution in [0.3, 0.4) is 0 Å². The molecule has 0 amide bonds. The SMILES string of the molecule is C[C@H]1CCCCN1[C@@H](Cc1ccccc1)c1ccccc1. The van der Waals surface area contributed by atoms with Crippen LogP contribution in [0.4, 0.5) is 0 Å². The van der Waals surface area contributed by atoms with Crippen molar-refractivity contribution in [2.24, 2.45) is 0 Å². The van der Waals surface area contributed by atoms with Gasteiger partial charge < -0.3 is 0 Å². The number of hydrogen-bond acceptors (Lipinski definition) is 1. The minimum atomic E-state index is 0.504. The van der Waals surface area contributed by atoms with E-state index < -0.39 is 0 Å². The van der Waals surface area contributed by atoms with Crippen molar-refractivity contribution in [2.75, 3.05) is 6.54 Å². The summed E-state index contributed by atoms with van der Waals surface area (Å²) in [4.78, 5) is 2.71. The average molecular weight is 279 g/mol. The zero-order valence-electron chi connectivity index (χ0n) is 12.9. The van der Waals surface area contributed by atoms with Gasteiger partial charge in [0.15, 0.2) is 0 Å². The first-order valence-corrected chi connectivity index (χ1v) is 8.19. The second kappa shape index (κ2) is 6.91. The standard InChI is InChI=1S/C20H25N/c1-17-10-8-9-15-21(17)20(19-13-6-3-7-14-19)16-18-11-4-2-5-12-18/h2-7,11-14,17,20H,8-10,15-16H2,1H3/t17-,20-/m0/s1. The zero-order chi connectivity index (χ0) is 14.5. The highest BCUT2D eigenvalue weighted by Gasteiger charge is 2.27. The molecule has 1 aliphatic rings. The highest BCUT2D eigenvalue weighted by atomic mass is 15.2. The van der Waals surface area contributed by atoms with Gasteiger partial charge in [0.1, 0.15) is 0 Å². The number of hydrogen-bond donors (Lipinski definition) is 0. The van der Waals surface area contributed by atoms with Gasteiger partial charge in [0.25, 0.3) is 0 Å². The fourth-order valence-electron chi connectivity index (χ4n) is 3.52. The Morgan fingerprint density at radius 1 is 0.952 bits per heavy atom. The summed E-state index contributed by atoms with van der Waals surface area (Å²) in [6.07, 6.45) is 5.15. The summed E-state index contributed by atoms with van der Waals surface area (Å²) in [7, 11) is 0. The van der Waals surface area contributed by atoms with Gasteiger partial charge in [0.05, 0.1) is 0 Å². The van der Waals surface area contributed by atoms with Gasteiger partial charge in [-0.05, 0) is 43.9 Å². The molecule has 1 heterocycles. The molecule has 2 aromatic carbocycles. The van der Waals surface area contributed by atoms with Crippen LogP contribution in [0, 0.1) is 0 Å². The molecule has 3 rings (SSSR count). The lowest BCUT2D eigenvalue weighted by atomic mass is 9.93. The maximum atomic E-state index is 2.71. The molecular formula is C20H25N. The van der Waals surface area contributed by atoms with E-state index in [1.165, 1.54) is 36.9 Å². The van der Waals surface area contributed by atoms with Crippen molar-refractivity contribution in [1.82, 2.24) is 4.90 Å². The topological polar surface area (TPSA) is 3.24 Å². The molecule has 110 valence electrons. The molecule has 1 heteroatoms. The third-order valence-corrected chi connectivity index (χ3v) is 4.71. The van der Waals surface area contributed by atoms with E-state index in [4.69, 9.17) is 0 Å². The van der Waals surface area contributed by atoms with Crippen molar-refractivity contribution in [3.05, 3.63) is 71.8 Å². The van der Waals surface area contributed by atoms with Crippen molar-refractivity contribution in [3.8, 4) is 0 Å². The van der Waals surface area contributed by atoms with Gasteiger partial charge in [-0.25, -0.2) is 0 Å². The van der Waals surface area contributed by atoms with Crippen molar-refractivity contribution < 1.29 is 0 Å². The molecule has 21 heavy (non-hydrogen) atoms. The first-order valence-electron chi connectivity index (χ1n) is 8.19. The Hall–Kier alpha value is -1.60. The van der Waals surface area contributed by atoms with E-state index in [9.17, 15) is 0 Å². The Morgan fingerprint density at radius 3 is 2.29 bits per heavy atom. The molecule has 0 spiro atoms. The summed E-state index contributed by atoms with van der Waals surface area (Å²) in [5.74, 6) is 0. The van der Waals surface area contributed by atoms with Crippen LogP contribution >= 0.6 is 0 Å². The summed E-state index contributed by atoms with van der Waals surface area (Å²) in [6.45, 7) is 3.62. The van der Waals surface area contributed by atoms with Crippen LogP contribution in [0.25, 0.3) is 0 Å². The van der Waals surface area contributed by atoms with Crippen molar-refractivity contribution in [3.63, 3.8) is 0 Å². The second-order valence-electron chi connectivity index (χ2n) is 6.20. The summed E-state index contributed by atoms with van der Waals surface area (Å²) in [5, 5.41) is 0. The van der Waals surface area contributed by atoms with Crippen molar-refractivity contribution in [2.45, 2.75) is 44.7 Å². The smallest absolute Gasteiger partial charge is 0.0391 e. The van der Waals surface area contributed by atoms with E-state index in [1.54, 1.807) is 0 Å². The van der Waals surface area contributed by atoms with Crippen LogP contribution < -0.4 is 0 Å². The van der Waals surface area contributed by atoms with Crippen molar-refractivity contribution in [1.29, 1.82) is 0 Å². The minimum absolute atomic E-state index is 0.504. The fourth-order valence-corrected chi connectivity index (χ4v) is 3.52. The van der Waals surface area contributed by atoms with E-state index >= 15 is 0 Å². The third kappa shape index (κ3) is 3.54. The van der Waals surface area contributed by atoms with Gasteiger partial charge in [-0.2, -0.15) is 0 Å². The van der Waals surface area contributed by atoms with Gasteiger partial charge in [-0.3, -0.25) is 4.90 Å². The minimum Gasteiger partial charge on any atom is -0.293 e. The molecule has 0 aliphatic carbocycles. The monoisotopic (exact) mass is 279 g/mol. The van der Waals surface area contributed by atoms with Crippen molar-refractivity contribution >= 4 is 0 Å². The van der Waals surface area contributed by atoms with Crippen LogP contribution in [0.1, 0.15) is 43.4 Å². The molecule has 0 saturated carbocycles. The largest absolute Gasteiger partial charge is 0.293 e. The Labute approximate surface area is 128 Å². The number of nitrogens with zero attached hydrogens (tertiary/aromatic N) is 1. The molecule has 2 atom stereocenters. The molecule has 1 aliphatic heterocycles. The lowest BCUT2D eigenvalue weighted by Gasteiger charge is -2.40. The van der Waals surface area contributed by atoms with Gasteiger partial charge >= 0.3 is 0 Å². The number of likely N-dealkylation sites (tertiary alicyclic amines) is 1.